The number of aryl methyl sites for hydroxylation is 3. The van der Waals surface area contributed by atoms with Crippen molar-refractivity contribution < 1.29 is 13.9 Å². The molecule has 0 radical (unpaired) electrons. The van der Waals surface area contributed by atoms with E-state index in [2.05, 4.69) is 15.5 Å². The average molecular weight is 466 g/mol. The lowest BCUT2D eigenvalue weighted by Gasteiger charge is -2.08. The Morgan fingerprint density at radius 1 is 1.17 bits per heavy atom. The van der Waals surface area contributed by atoms with Crippen molar-refractivity contribution in [2.24, 2.45) is 0 Å². The molecule has 1 amide bonds. The summed E-state index contributed by atoms with van der Waals surface area (Å²) >= 11 is 13.1. The summed E-state index contributed by atoms with van der Waals surface area (Å²) in [7, 11) is 0. The quantitative estimate of drug-likeness (QED) is 0.320. The first-order valence-electron chi connectivity index (χ1n) is 9.31. The molecule has 0 aliphatic rings. The molecule has 6 nitrogen and oxygen atoms in total. The van der Waals surface area contributed by atoms with E-state index in [9.17, 15) is 4.79 Å². The molecule has 1 N–H and O–H groups in total. The molecule has 0 fully saturated rings. The Bertz CT molecular complexity index is 1030. The number of nitrogens with one attached hydrogen (secondary N) is 1. The Morgan fingerprint density at radius 2 is 2.00 bits per heavy atom. The van der Waals surface area contributed by atoms with Gasteiger partial charge in [-0.2, -0.15) is 0 Å². The van der Waals surface area contributed by atoms with E-state index in [4.69, 9.17) is 32.4 Å². The van der Waals surface area contributed by atoms with Crippen LogP contribution in [0, 0.1) is 13.8 Å². The van der Waals surface area contributed by atoms with Crippen LogP contribution in [-0.2, 0) is 11.2 Å². The average Bonchev–Trinajstić information content (AvgIpc) is 3.16. The van der Waals surface area contributed by atoms with Gasteiger partial charge in [-0.15, -0.1) is 10.2 Å². The van der Waals surface area contributed by atoms with Gasteiger partial charge in [0.15, 0.2) is 0 Å². The van der Waals surface area contributed by atoms with Gasteiger partial charge >= 0.3 is 0 Å². The van der Waals surface area contributed by atoms with E-state index < -0.39 is 0 Å². The van der Waals surface area contributed by atoms with Crippen LogP contribution in [0.25, 0.3) is 0 Å². The number of hydrogen-bond acceptors (Lipinski definition) is 6. The van der Waals surface area contributed by atoms with E-state index in [0.29, 0.717) is 46.4 Å². The highest BCUT2D eigenvalue weighted by Gasteiger charge is 2.11. The molecule has 0 aliphatic carbocycles. The van der Waals surface area contributed by atoms with Crippen molar-refractivity contribution in [1.82, 2.24) is 10.2 Å². The van der Waals surface area contributed by atoms with Gasteiger partial charge in [-0.05, 0) is 55.7 Å². The van der Waals surface area contributed by atoms with Crippen LogP contribution in [0.2, 0.25) is 10.0 Å². The van der Waals surface area contributed by atoms with E-state index in [0.717, 1.165) is 16.8 Å². The minimum atomic E-state index is -0.123. The monoisotopic (exact) mass is 465 g/mol. The Morgan fingerprint density at radius 3 is 2.80 bits per heavy atom. The Kier molecular flexibility index (Phi) is 8.01. The second-order valence-corrected chi connectivity index (χ2v) is 8.41. The normalized spacial score (nSPS) is 10.8. The number of aromatic nitrogens is 2. The molecule has 0 saturated heterocycles. The zero-order chi connectivity index (χ0) is 21.5. The fraction of sp³-hybridized carbons (Fsp3) is 0.286. The SMILES string of the molecule is Cc1ccc(C)c(NC(=O)CSc2nnc(CCCOc3ccc(Cl)cc3Cl)o2)c1. The Hall–Kier alpha value is -2.22. The van der Waals surface area contributed by atoms with Crippen molar-refractivity contribution in [3.8, 4) is 5.75 Å². The topological polar surface area (TPSA) is 77.2 Å². The molecule has 0 bridgehead atoms. The lowest BCUT2D eigenvalue weighted by molar-refractivity contribution is -0.113. The van der Waals surface area contributed by atoms with Crippen LogP contribution in [0.15, 0.2) is 46.0 Å². The molecule has 0 saturated carbocycles. The van der Waals surface area contributed by atoms with Crippen LogP contribution in [-0.4, -0.2) is 28.5 Å². The molecule has 0 atom stereocenters. The van der Waals surface area contributed by atoms with Crippen LogP contribution in [0.3, 0.4) is 0 Å². The fourth-order valence-corrected chi connectivity index (χ4v) is 3.62. The van der Waals surface area contributed by atoms with Gasteiger partial charge < -0.3 is 14.5 Å². The molecule has 0 spiro atoms. The third-order valence-corrected chi connectivity index (χ3v) is 5.48. The number of hydrogen-bond donors (Lipinski definition) is 1. The largest absolute Gasteiger partial charge is 0.492 e. The lowest BCUT2D eigenvalue weighted by Crippen LogP contribution is -2.14. The van der Waals surface area contributed by atoms with Gasteiger partial charge in [-0.1, -0.05) is 47.1 Å². The summed E-state index contributed by atoms with van der Waals surface area (Å²) in [5.74, 6) is 1.14. The highest BCUT2D eigenvalue weighted by Crippen LogP contribution is 2.27. The molecule has 2 aromatic carbocycles. The maximum atomic E-state index is 12.2. The number of ether oxygens (including phenoxy) is 1. The molecule has 9 heteroatoms. The maximum Gasteiger partial charge on any atom is 0.277 e. The third kappa shape index (κ3) is 6.65. The number of carbonyl (C=O) groups excluding carboxylic acids is 1. The second-order valence-electron chi connectivity index (χ2n) is 6.64. The van der Waals surface area contributed by atoms with E-state index >= 15 is 0 Å². The molecule has 1 heterocycles. The third-order valence-electron chi connectivity index (χ3n) is 4.13. The highest BCUT2D eigenvalue weighted by atomic mass is 35.5. The number of halogens is 2. The van der Waals surface area contributed by atoms with Crippen molar-refractivity contribution >= 4 is 46.6 Å². The number of amides is 1. The van der Waals surface area contributed by atoms with E-state index in [1.165, 1.54) is 11.8 Å². The summed E-state index contributed by atoms with van der Waals surface area (Å²) < 4.78 is 11.2. The zero-order valence-electron chi connectivity index (χ0n) is 16.6. The smallest absolute Gasteiger partial charge is 0.277 e. The van der Waals surface area contributed by atoms with Gasteiger partial charge in [0.25, 0.3) is 5.22 Å². The van der Waals surface area contributed by atoms with Crippen molar-refractivity contribution in [1.29, 1.82) is 0 Å². The fourth-order valence-electron chi connectivity index (χ4n) is 2.58. The Labute approximate surface area is 189 Å². The van der Waals surface area contributed by atoms with E-state index in [1.807, 2.05) is 32.0 Å². The molecule has 3 rings (SSSR count). The van der Waals surface area contributed by atoms with E-state index in [1.54, 1.807) is 18.2 Å². The highest BCUT2D eigenvalue weighted by molar-refractivity contribution is 7.99. The second kappa shape index (κ2) is 10.7. The zero-order valence-corrected chi connectivity index (χ0v) is 18.9. The maximum absolute atomic E-state index is 12.2. The number of benzene rings is 2. The first-order chi connectivity index (χ1) is 14.4. The van der Waals surface area contributed by atoms with Crippen molar-refractivity contribution in [3.05, 3.63) is 63.5 Å². The van der Waals surface area contributed by atoms with Crippen LogP contribution in [0.1, 0.15) is 23.4 Å². The number of anilines is 1. The van der Waals surface area contributed by atoms with Gasteiger partial charge in [-0.3, -0.25) is 4.79 Å². The van der Waals surface area contributed by atoms with Crippen LogP contribution in [0.4, 0.5) is 5.69 Å². The van der Waals surface area contributed by atoms with Crippen LogP contribution in [0.5, 0.6) is 5.75 Å². The summed E-state index contributed by atoms with van der Waals surface area (Å²) in [5.41, 5.74) is 2.92. The van der Waals surface area contributed by atoms with Crippen LogP contribution >= 0.6 is 35.0 Å². The van der Waals surface area contributed by atoms with Crippen molar-refractivity contribution in [3.63, 3.8) is 0 Å². The summed E-state index contributed by atoms with van der Waals surface area (Å²) in [6.07, 6.45) is 1.24. The minimum absolute atomic E-state index is 0.123. The summed E-state index contributed by atoms with van der Waals surface area (Å²) in [4.78, 5) is 12.2. The number of nitrogens with zero attached hydrogens (tertiary/aromatic N) is 2. The van der Waals surface area contributed by atoms with Gasteiger partial charge in [0.1, 0.15) is 5.75 Å². The molecule has 3 aromatic rings. The summed E-state index contributed by atoms with van der Waals surface area (Å²) in [6.45, 7) is 4.39. The summed E-state index contributed by atoms with van der Waals surface area (Å²) in [6, 6.07) is 11.0. The standard InChI is InChI=1S/C21H21Cl2N3O3S/c1-13-5-6-14(2)17(10-13)24-19(27)12-30-21-26-25-20(29-21)4-3-9-28-18-8-7-15(22)11-16(18)23/h5-8,10-11H,3-4,9,12H2,1-2H3,(H,24,27). The molecule has 1 aromatic heterocycles. The number of rotatable bonds is 9. The predicted octanol–water partition coefficient (Wildman–Crippen LogP) is 5.74. The molecular weight excluding hydrogens is 445 g/mol. The number of carbonyl (C=O) groups is 1. The molecule has 0 unspecified atom stereocenters. The first kappa shape index (κ1) is 22.5. The van der Waals surface area contributed by atoms with Gasteiger partial charge in [0.05, 0.1) is 17.4 Å². The van der Waals surface area contributed by atoms with Crippen molar-refractivity contribution in [2.45, 2.75) is 31.9 Å². The van der Waals surface area contributed by atoms with Crippen LogP contribution < -0.4 is 10.1 Å². The first-order valence-corrected chi connectivity index (χ1v) is 11.0. The Balaban J connectivity index is 1.40. The lowest BCUT2D eigenvalue weighted by atomic mass is 10.1. The number of thioether (sulfide) groups is 1. The van der Waals surface area contributed by atoms with Gasteiger partial charge in [0, 0.05) is 17.1 Å². The van der Waals surface area contributed by atoms with Gasteiger partial charge in [-0.25, -0.2) is 0 Å². The molecule has 158 valence electrons. The summed E-state index contributed by atoms with van der Waals surface area (Å²) in [5, 5.41) is 12.3. The van der Waals surface area contributed by atoms with Gasteiger partial charge in [0.2, 0.25) is 11.8 Å². The minimum Gasteiger partial charge on any atom is -0.492 e. The molecular formula is C21H21Cl2N3O3S. The van der Waals surface area contributed by atoms with E-state index in [-0.39, 0.29) is 11.7 Å². The molecule has 30 heavy (non-hydrogen) atoms. The van der Waals surface area contributed by atoms with Crippen molar-refractivity contribution in [2.75, 3.05) is 17.7 Å². The molecule has 0 aliphatic heterocycles. The predicted molar refractivity (Wildman–Crippen MR) is 120 cm³/mol.